The van der Waals surface area contributed by atoms with Crippen molar-refractivity contribution < 1.29 is 5.11 Å². The topological polar surface area (TPSA) is 26.7 Å². The lowest BCUT2D eigenvalue weighted by Crippen LogP contribution is -2.61. The Morgan fingerprint density at radius 3 is 1.68 bits per heavy atom. The van der Waals surface area contributed by atoms with Crippen molar-refractivity contribution in [3.63, 3.8) is 0 Å². The van der Waals surface area contributed by atoms with Gasteiger partial charge in [0.15, 0.2) is 0 Å². The zero-order valence-electron chi connectivity index (χ0n) is 22.1. The fraction of sp³-hybridized carbons (Fsp3) is 0.314. The highest BCUT2D eigenvalue weighted by molar-refractivity contribution is 5.33. The first-order valence-corrected chi connectivity index (χ1v) is 14.1. The van der Waals surface area contributed by atoms with Gasteiger partial charge in [0, 0.05) is 38.3 Å². The van der Waals surface area contributed by atoms with E-state index < -0.39 is 0 Å². The van der Waals surface area contributed by atoms with Gasteiger partial charge in [0.05, 0.1) is 5.54 Å². The van der Waals surface area contributed by atoms with Crippen LogP contribution in [0.3, 0.4) is 0 Å². The van der Waals surface area contributed by atoms with Crippen molar-refractivity contribution in [2.75, 3.05) is 6.61 Å². The van der Waals surface area contributed by atoms with Gasteiger partial charge in [-0.05, 0) is 47.4 Å². The van der Waals surface area contributed by atoms with Crippen molar-refractivity contribution in [3.05, 3.63) is 144 Å². The SMILES string of the molecule is OCC1CC2(c3ccccc3)C(N(Cc3ccccc3)Cc3ccccc3)CCC1N2Cc1ccccc1. The molecule has 4 unspecified atom stereocenters. The summed E-state index contributed by atoms with van der Waals surface area (Å²) in [6.45, 7) is 2.96. The van der Waals surface area contributed by atoms with Gasteiger partial charge in [-0.3, -0.25) is 9.80 Å². The molecule has 0 saturated carbocycles. The molecule has 6 rings (SSSR count). The van der Waals surface area contributed by atoms with E-state index in [2.05, 4.69) is 131 Å². The van der Waals surface area contributed by atoms with Gasteiger partial charge in [-0.25, -0.2) is 0 Å². The zero-order valence-corrected chi connectivity index (χ0v) is 22.1. The van der Waals surface area contributed by atoms with Gasteiger partial charge in [0.2, 0.25) is 0 Å². The molecule has 2 bridgehead atoms. The molecular weight excluding hydrogens is 464 g/mol. The fourth-order valence-corrected chi connectivity index (χ4v) is 7.31. The van der Waals surface area contributed by atoms with Gasteiger partial charge < -0.3 is 5.11 Å². The molecule has 1 N–H and O–H groups in total. The minimum Gasteiger partial charge on any atom is -0.396 e. The molecule has 0 aliphatic carbocycles. The van der Waals surface area contributed by atoms with Crippen LogP contribution in [-0.2, 0) is 25.2 Å². The van der Waals surface area contributed by atoms with Gasteiger partial charge in [0.1, 0.15) is 0 Å². The minimum absolute atomic E-state index is 0.170. The summed E-state index contributed by atoms with van der Waals surface area (Å²) in [6.07, 6.45) is 3.22. The highest BCUT2D eigenvalue weighted by Gasteiger charge is 2.59. The van der Waals surface area contributed by atoms with E-state index in [-0.39, 0.29) is 18.1 Å². The quantitative estimate of drug-likeness (QED) is 0.278. The van der Waals surface area contributed by atoms with Crippen molar-refractivity contribution in [2.24, 2.45) is 5.92 Å². The van der Waals surface area contributed by atoms with Gasteiger partial charge in [-0.1, -0.05) is 121 Å². The van der Waals surface area contributed by atoms with Gasteiger partial charge >= 0.3 is 0 Å². The zero-order chi connectivity index (χ0) is 25.8. The smallest absolute Gasteiger partial charge is 0.0627 e. The van der Waals surface area contributed by atoms with Crippen LogP contribution >= 0.6 is 0 Å². The Morgan fingerprint density at radius 1 is 0.658 bits per heavy atom. The van der Waals surface area contributed by atoms with E-state index in [1.54, 1.807) is 0 Å². The Hall–Kier alpha value is -3.24. The largest absolute Gasteiger partial charge is 0.396 e. The second kappa shape index (κ2) is 11.2. The second-order valence-corrected chi connectivity index (χ2v) is 11.1. The summed E-state index contributed by atoms with van der Waals surface area (Å²) in [4.78, 5) is 5.50. The van der Waals surface area contributed by atoms with Crippen LogP contribution in [0.5, 0.6) is 0 Å². The lowest BCUT2D eigenvalue weighted by molar-refractivity contribution is -0.0486. The van der Waals surface area contributed by atoms with Crippen LogP contribution in [0.1, 0.15) is 41.5 Å². The normalized spacial score (nSPS) is 25.1. The van der Waals surface area contributed by atoms with Gasteiger partial charge in [0.25, 0.3) is 0 Å². The van der Waals surface area contributed by atoms with Crippen molar-refractivity contribution in [2.45, 2.75) is 56.5 Å². The Labute approximate surface area is 227 Å². The highest BCUT2D eigenvalue weighted by atomic mass is 16.3. The van der Waals surface area contributed by atoms with Crippen molar-refractivity contribution in [3.8, 4) is 0 Å². The first-order valence-electron chi connectivity index (χ1n) is 14.1. The monoisotopic (exact) mass is 502 g/mol. The summed E-state index contributed by atoms with van der Waals surface area (Å²) in [5.41, 5.74) is 5.25. The molecule has 0 radical (unpaired) electrons. The van der Waals surface area contributed by atoms with Crippen LogP contribution < -0.4 is 0 Å². The van der Waals surface area contributed by atoms with E-state index >= 15 is 0 Å². The molecule has 2 fully saturated rings. The molecule has 194 valence electrons. The molecule has 0 aromatic heterocycles. The maximum Gasteiger partial charge on any atom is 0.0627 e. The van der Waals surface area contributed by atoms with Crippen LogP contribution in [0, 0.1) is 5.92 Å². The molecule has 3 heteroatoms. The first kappa shape index (κ1) is 25.1. The summed E-state index contributed by atoms with van der Waals surface area (Å²) in [6, 6.07) is 44.6. The Balaban J connectivity index is 1.47. The summed E-state index contributed by atoms with van der Waals surface area (Å²) in [5, 5.41) is 10.6. The first-order chi connectivity index (χ1) is 18.8. The third-order valence-electron chi connectivity index (χ3n) is 8.92. The highest BCUT2D eigenvalue weighted by Crippen LogP contribution is 2.55. The van der Waals surface area contributed by atoms with E-state index in [0.29, 0.717) is 12.1 Å². The maximum absolute atomic E-state index is 10.6. The second-order valence-electron chi connectivity index (χ2n) is 11.1. The van der Waals surface area contributed by atoms with Crippen LogP contribution in [0.15, 0.2) is 121 Å². The number of hydrogen-bond donors (Lipinski definition) is 1. The molecule has 0 spiro atoms. The van der Waals surface area contributed by atoms with E-state index in [1.807, 2.05) is 0 Å². The summed E-state index contributed by atoms with van der Waals surface area (Å²) < 4.78 is 0. The number of hydrogen-bond acceptors (Lipinski definition) is 3. The molecule has 2 aliphatic rings. The van der Waals surface area contributed by atoms with Crippen LogP contribution in [-0.4, -0.2) is 33.6 Å². The molecule has 2 saturated heterocycles. The van der Waals surface area contributed by atoms with E-state index in [0.717, 1.165) is 38.9 Å². The molecule has 4 aromatic carbocycles. The Bertz CT molecular complexity index is 1240. The van der Waals surface area contributed by atoms with E-state index in [9.17, 15) is 5.11 Å². The summed E-state index contributed by atoms with van der Waals surface area (Å²) in [7, 11) is 0. The standard InChI is InChI=1S/C35H38N2O/c38-27-31-23-35(32-19-11-4-12-20-32)34(22-21-33(31)37(35)26-30-17-9-3-10-18-30)36(24-28-13-5-1-6-14-28)25-29-15-7-2-8-16-29/h1-20,31,33-34,38H,21-27H2. The molecule has 3 nitrogen and oxygen atoms in total. The Morgan fingerprint density at radius 2 is 1.16 bits per heavy atom. The van der Waals surface area contributed by atoms with E-state index in [1.165, 1.54) is 22.3 Å². The minimum atomic E-state index is -0.170. The predicted octanol–water partition coefficient (Wildman–Crippen LogP) is 6.63. The number of fused-ring (bicyclic) bond motifs is 2. The third kappa shape index (κ3) is 4.82. The molecule has 2 aliphatic heterocycles. The molecule has 4 atom stereocenters. The van der Waals surface area contributed by atoms with Gasteiger partial charge in [-0.2, -0.15) is 0 Å². The number of aliphatic hydroxyl groups is 1. The summed E-state index contributed by atoms with van der Waals surface area (Å²) >= 11 is 0. The number of nitrogens with zero attached hydrogens (tertiary/aromatic N) is 2. The average Bonchev–Trinajstić information content (AvgIpc) is 3.17. The number of aliphatic hydroxyl groups excluding tert-OH is 1. The van der Waals surface area contributed by atoms with Crippen LogP contribution in [0.25, 0.3) is 0 Å². The predicted molar refractivity (Wildman–Crippen MR) is 154 cm³/mol. The average molecular weight is 503 g/mol. The van der Waals surface area contributed by atoms with Crippen molar-refractivity contribution >= 4 is 0 Å². The Kier molecular flexibility index (Phi) is 7.42. The van der Waals surface area contributed by atoms with Crippen LogP contribution in [0.2, 0.25) is 0 Å². The van der Waals surface area contributed by atoms with Crippen molar-refractivity contribution in [1.82, 2.24) is 9.80 Å². The third-order valence-corrected chi connectivity index (χ3v) is 8.92. The molecule has 38 heavy (non-hydrogen) atoms. The van der Waals surface area contributed by atoms with Gasteiger partial charge in [-0.15, -0.1) is 0 Å². The van der Waals surface area contributed by atoms with Crippen LogP contribution in [0.4, 0.5) is 0 Å². The summed E-state index contributed by atoms with van der Waals surface area (Å²) in [5.74, 6) is 0.277. The number of piperidine rings is 1. The maximum atomic E-state index is 10.6. The lowest BCUT2D eigenvalue weighted by atomic mass is 9.75. The molecule has 2 heterocycles. The molecule has 0 amide bonds. The molecular formula is C35H38N2O. The number of benzene rings is 4. The molecule has 4 aromatic rings. The lowest BCUT2D eigenvalue weighted by Gasteiger charge is -2.54. The number of rotatable bonds is 9. The van der Waals surface area contributed by atoms with E-state index in [4.69, 9.17) is 0 Å². The van der Waals surface area contributed by atoms with Crippen molar-refractivity contribution in [1.29, 1.82) is 0 Å². The fourth-order valence-electron chi connectivity index (χ4n) is 7.31.